The summed E-state index contributed by atoms with van der Waals surface area (Å²) < 4.78 is 20.4. The maximum absolute atomic E-state index is 12.5. The lowest BCUT2D eigenvalue weighted by molar-refractivity contribution is -0.147. The van der Waals surface area contributed by atoms with Crippen molar-refractivity contribution in [1.82, 2.24) is 0 Å². The topological polar surface area (TPSA) is 88.1 Å². The van der Waals surface area contributed by atoms with Gasteiger partial charge in [-0.2, -0.15) is 0 Å². The van der Waals surface area contributed by atoms with E-state index in [-0.39, 0.29) is 11.5 Å². The molecular weight excluding hydrogens is 364 g/mol. The highest BCUT2D eigenvalue weighted by molar-refractivity contribution is 6.14. The van der Waals surface area contributed by atoms with Crippen LogP contribution in [-0.2, 0) is 14.3 Å². The third kappa shape index (κ3) is 3.88. The van der Waals surface area contributed by atoms with E-state index in [4.69, 9.17) is 9.47 Å². The molecule has 1 atom stereocenters. The number of allylic oxidation sites excluding steroid dienone is 1. The molecule has 144 valence electrons. The molecular formula is C21H18O7. The highest BCUT2D eigenvalue weighted by Gasteiger charge is 2.28. The van der Waals surface area contributed by atoms with E-state index in [0.717, 1.165) is 0 Å². The number of methoxy groups -OCH3 is 2. The van der Waals surface area contributed by atoms with E-state index in [1.54, 1.807) is 55.5 Å². The Kier molecular flexibility index (Phi) is 5.44. The van der Waals surface area contributed by atoms with E-state index < -0.39 is 18.0 Å². The van der Waals surface area contributed by atoms with Gasteiger partial charge < -0.3 is 18.9 Å². The summed E-state index contributed by atoms with van der Waals surface area (Å²) in [5, 5.41) is 0. The fraction of sp³-hybridized carbons (Fsp3) is 0.190. The molecule has 2 aromatic carbocycles. The highest BCUT2D eigenvalue weighted by Crippen LogP contribution is 2.35. The van der Waals surface area contributed by atoms with Gasteiger partial charge in [0.1, 0.15) is 11.5 Å². The molecule has 0 aliphatic carbocycles. The van der Waals surface area contributed by atoms with E-state index in [0.29, 0.717) is 28.2 Å². The molecule has 0 aromatic heterocycles. The van der Waals surface area contributed by atoms with Crippen molar-refractivity contribution in [3.05, 3.63) is 64.9 Å². The Hall–Kier alpha value is -3.61. The second-order valence-corrected chi connectivity index (χ2v) is 5.99. The second kappa shape index (κ2) is 7.96. The molecule has 3 rings (SSSR count). The Morgan fingerprint density at radius 1 is 1.04 bits per heavy atom. The van der Waals surface area contributed by atoms with Crippen LogP contribution in [0, 0.1) is 0 Å². The van der Waals surface area contributed by atoms with E-state index in [1.165, 1.54) is 14.2 Å². The van der Waals surface area contributed by atoms with Crippen LogP contribution in [0.2, 0.25) is 0 Å². The molecule has 0 unspecified atom stereocenters. The third-order valence-corrected chi connectivity index (χ3v) is 4.12. The van der Waals surface area contributed by atoms with Gasteiger partial charge in [-0.15, -0.1) is 0 Å². The normalized spacial score (nSPS) is 14.8. The van der Waals surface area contributed by atoms with Crippen molar-refractivity contribution in [1.29, 1.82) is 0 Å². The van der Waals surface area contributed by atoms with Gasteiger partial charge in [-0.05, 0) is 42.8 Å². The summed E-state index contributed by atoms with van der Waals surface area (Å²) in [6.45, 7) is 1.56. The van der Waals surface area contributed by atoms with Crippen LogP contribution in [0.25, 0.3) is 6.08 Å². The molecule has 28 heavy (non-hydrogen) atoms. The third-order valence-electron chi connectivity index (χ3n) is 4.12. The van der Waals surface area contributed by atoms with Gasteiger partial charge in [0.15, 0.2) is 11.9 Å². The van der Waals surface area contributed by atoms with Crippen molar-refractivity contribution in [3.63, 3.8) is 0 Å². The van der Waals surface area contributed by atoms with Crippen molar-refractivity contribution >= 4 is 23.8 Å². The number of ketones is 1. The fourth-order valence-electron chi connectivity index (χ4n) is 2.64. The molecule has 0 saturated carbocycles. The first-order valence-corrected chi connectivity index (χ1v) is 8.44. The monoisotopic (exact) mass is 382 g/mol. The number of Topliss-reactive ketones (excluding diaryl/α,β-unsaturated/α-hetero) is 1. The number of hydrogen-bond donors (Lipinski definition) is 0. The molecule has 0 bridgehead atoms. The van der Waals surface area contributed by atoms with Crippen LogP contribution in [0.15, 0.2) is 48.2 Å². The van der Waals surface area contributed by atoms with Crippen LogP contribution in [0.3, 0.4) is 0 Å². The molecule has 0 saturated heterocycles. The van der Waals surface area contributed by atoms with Gasteiger partial charge >= 0.3 is 11.9 Å². The molecule has 0 fully saturated rings. The number of ether oxygens (including phenoxy) is 4. The van der Waals surface area contributed by atoms with E-state index in [2.05, 4.69) is 9.47 Å². The molecule has 0 N–H and O–H groups in total. The Morgan fingerprint density at radius 2 is 1.75 bits per heavy atom. The zero-order chi connectivity index (χ0) is 20.3. The summed E-state index contributed by atoms with van der Waals surface area (Å²) in [5.41, 5.74) is 1.50. The second-order valence-electron chi connectivity index (χ2n) is 5.99. The first kappa shape index (κ1) is 19.2. The lowest BCUT2D eigenvalue weighted by Gasteiger charge is -2.12. The molecule has 0 spiro atoms. The van der Waals surface area contributed by atoms with Crippen LogP contribution in [0.5, 0.6) is 11.5 Å². The van der Waals surface area contributed by atoms with Crippen LogP contribution < -0.4 is 9.47 Å². The van der Waals surface area contributed by atoms with Crippen molar-refractivity contribution < 1.29 is 33.3 Å². The molecule has 1 heterocycles. The maximum atomic E-state index is 12.5. The Bertz CT molecular complexity index is 957. The summed E-state index contributed by atoms with van der Waals surface area (Å²) in [7, 11) is 2.59. The van der Waals surface area contributed by atoms with Crippen LogP contribution in [0.4, 0.5) is 0 Å². The molecule has 7 heteroatoms. The summed E-state index contributed by atoms with van der Waals surface area (Å²) in [4.78, 5) is 35.5. The SMILES string of the molecule is COC(=O)c1ccc(C=C2Oc3cc(O[C@H](C)C(=O)OC)ccc3C2=O)cc1. The first-order chi connectivity index (χ1) is 13.4. The number of carbonyl (C=O) groups is 3. The Balaban J connectivity index is 1.78. The molecule has 0 amide bonds. The summed E-state index contributed by atoms with van der Waals surface area (Å²) >= 11 is 0. The minimum absolute atomic E-state index is 0.152. The van der Waals surface area contributed by atoms with E-state index in [9.17, 15) is 14.4 Å². The number of esters is 2. The molecule has 7 nitrogen and oxygen atoms in total. The van der Waals surface area contributed by atoms with Crippen LogP contribution >= 0.6 is 0 Å². The summed E-state index contributed by atoms with van der Waals surface area (Å²) in [5.74, 6) is -0.328. The van der Waals surface area contributed by atoms with Crippen LogP contribution in [-0.4, -0.2) is 38.0 Å². The van der Waals surface area contributed by atoms with Gasteiger partial charge in [0.05, 0.1) is 25.3 Å². The molecule has 0 radical (unpaired) electrons. The van der Waals surface area contributed by atoms with E-state index >= 15 is 0 Å². The average Bonchev–Trinajstić information content (AvgIpc) is 3.02. The summed E-state index contributed by atoms with van der Waals surface area (Å²) in [6, 6.07) is 11.3. The zero-order valence-electron chi connectivity index (χ0n) is 15.6. The lowest BCUT2D eigenvalue weighted by Crippen LogP contribution is -2.24. The van der Waals surface area contributed by atoms with Gasteiger partial charge in [0, 0.05) is 6.07 Å². The number of hydrogen-bond acceptors (Lipinski definition) is 7. The van der Waals surface area contributed by atoms with Gasteiger partial charge in [0.2, 0.25) is 5.78 Å². The van der Waals surface area contributed by atoms with Crippen molar-refractivity contribution in [3.8, 4) is 11.5 Å². The number of fused-ring (bicyclic) bond motifs is 1. The average molecular weight is 382 g/mol. The predicted molar refractivity (Wildman–Crippen MR) is 99.3 cm³/mol. The standard InChI is InChI=1S/C21H18O7/c1-12(20(23)25-2)27-15-8-9-16-17(11-15)28-18(19(16)22)10-13-4-6-14(7-5-13)21(24)26-3/h4-12H,1-3H3/t12-/m1/s1. The Morgan fingerprint density at radius 3 is 2.39 bits per heavy atom. The van der Waals surface area contributed by atoms with Gasteiger partial charge in [-0.25, -0.2) is 9.59 Å². The maximum Gasteiger partial charge on any atom is 0.346 e. The van der Waals surface area contributed by atoms with Gasteiger partial charge in [0.25, 0.3) is 0 Å². The number of rotatable bonds is 5. The largest absolute Gasteiger partial charge is 0.479 e. The van der Waals surface area contributed by atoms with E-state index in [1.807, 2.05) is 0 Å². The zero-order valence-corrected chi connectivity index (χ0v) is 15.6. The predicted octanol–water partition coefficient (Wildman–Crippen LogP) is 3.03. The smallest absolute Gasteiger partial charge is 0.346 e. The highest BCUT2D eigenvalue weighted by atomic mass is 16.6. The van der Waals surface area contributed by atoms with Crippen LogP contribution in [0.1, 0.15) is 33.2 Å². The minimum atomic E-state index is -0.788. The lowest BCUT2D eigenvalue weighted by atomic mass is 10.1. The van der Waals surface area contributed by atoms with Crippen molar-refractivity contribution in [2.24, 2.45) is 0 Å². The Labute approximate surface area is 161 Å². The van der Waals surface area contributed by atoms with Gasteiger partial charge in [-0.3, -0.25) is 4.79 Å². The first-order valence-electron chi connectivity index (χ1n) is 8.44. The minimum Gasteiger partial charge on any atom is -0.479 e. The summed E-state index contributed by atoms with van der Waals surface area (Å²) in [6.07, 6.45) is 0.796. The van der Waals surface area contributed by atoms with Crippen molar-refractivity contribution in [2.75, 3.05) is 14.2 Å². The number of carbonyl (C=O) groups excluding carboxylic acids is 3. The number of benzene rings is 2. The quantitative estimate of drug-likeness (QED) is 0.580. The van der Waals surface area contributed by atoms with Crippen molar-refractivity contribution in [2.45, 2.75) is 13.0 Å². The molecule has 2 aromatic rings. The molecule has 1 aliphatic rings. The van der Waals surface area contributed by atoms with Gasteiger partial charge in [-0.1, -0.05) is 12.1 Å². The molecule has 1 aliphatic heterocycles. The fourth-order valence-corrected chi connectivity index (χ4v) is 2.64.